The standard InChI is InChI=1S/C27H25ClN2O4/c1-3-32-25-16-26(33-4-2)24(28)15-20(25)14-21(17-29)27(31)30-22-10-12-23(13-11-22)34-18-19-8-6-5-7-9-19/h5-16H,3-4,18H2,1-2H3,(H,30,31)/b21-14+. The van der Waals surface area contributed by atoms with E-state index in [0.29, 0.717) is 53.3 Å². The predicted molar refractivity (Wildman–Crippen MR) is 133 cm³/mol. The number of hydrogen-bond donors (Lipinski definition) is 1. The van der Waals surface area contributed by atoms with Crippen LogP contribution in [0.3, 0.4) is 0 Å². The molecule has 7 heteroatoms. The van der Waals surface area contributed by atoms with Gasteiger partial charge in [-0.05, 0) is 55.8 Å². The van der Waals surface area contributed by atoms with Gasteiger partial charge in [-0.1, -0.05) is 41.9 Å². The second-order valence-corrected chi connectivity index (χ2v) is 7.52. The Labute approximate surface area is 204 Å². The van der Waals surface area contributed by atoms with Gasteiger partial charge in [0.2, 0.25) is 0 Å². The number of nitriles is 1. The molecule has 3 aromatic carbocycles. The first-order chi connectivity index (χ1) is 16.5. The van der Waals surface area contributed by atoms with Crippen LogP contribution in [0.25, 0.3) is 6.08 Å². The fourth-order valence-corrected chi connectivity index (χ4v) is 3.31. The first kappa shape index (κ1) is 24.7. The van der Waals surface area contributed by atoms with Gasteiger partial charge < -0.3 is 19.5 Å². The van der Waals surface area contributed by atoms with Crippen molar-refractivity contribution in [3.05, 3.63) is 88.5 Å². The molecule has 0 aliphatic carbocycles. The number of hydrogen-bond acceptors (Lipinski definition) is 5. The lowest BCUT2D eigenvalue weighted by molar-refractivity contribution is -0.112. The highest BCUT2D eigenvalue weighted by Crippen LogP contribution is 2.34. The lowest BCUT2D eigenvalue weighted by Gasteiger charge is -2.13. The number of halogens is 1. The summed E-state index contributed by atoms with van der Waals surface area (Å²) in [6.07, 6.45) is 1.44. The molecule has 0 saturated heterocycles. The molecule has 3 aromatic rings. The molecule has 34 heavy (non-hydrogen) atoms. The number of ether oxygens (including phenoxy) is 3. The zero-order chi connectivity index (χ0) is 24.3. The predicted octanol–water partition coefficient (Wildman–Crippen LogP) is 6.26. The topological polar surface area (TPSA) is 80.6 Å². The Morgan fingerprint density at radius 2 is 1.65 bits per heavy atom. The van der Waals surface area contributed by atoms with Crippen LogP contribution in [0.4, 0.5) is 5.69 Å². The first-order valence-electron chi connectivity index (χ1n) is 10.8. The minimum absolute atomic E-state index is 0.0921. The average Bonchev–Trinajstić information content (AvgIpc) is 2.85. The molecular weight excluding hydrogens is 452 g/mol. The normalized spacial score (nSPS) is 10.8. The molecule has 0 atom stereocenters. The Balaban J connectivity index is 1.72. The molecule has 0 saturated carbocycles. The largest absolute Gasteiger partial charge is 0.493 e. The lowest BCUT2D eigenvalue weighted by atomic mass is 10.1. The van der Waals surface area contributed by atoms with E-state index in [9.17, 15) is 10.1 Å². The zero-order valence-electron chi connectivity index (χ0n) is 19.0. The van der Waals surface area contributed by atoms with Crippen LogP contribution in [0.15, 0.2) is 72.3 Å². The maximum Gasteiger partial charge on any atom is 0.266 e. The molecule has 0 spiro atoms. The van der Waals surface area contributed by atoms with E-state index < -0.39 is 5.91 Å². The number of benzene rings is 3. The molecule has 0 aliphatic rings. The van der Waals surface area contributed by atoms with Crippen molar-refractivity contribution in [2.24, 2.45) is 0 Å². The van der Waals surface area contributed by atoms with Crippen LogP contribution in [0.1, 0.15) is 25.0 Å². The van der Waals surface area contributed by atoms with Gasteiger partial charge in [0.25, 0.3) is 5.91 Å². The van der Waals surface area contributed by atoms with E-state index in [4.69, 9.17) is 25.8 Å². The van der Waals surface area contributed by atoms with Crippen LogP contribution in [-0.4, -0.2) is 19.1 Å². The van der Waals surface area contributed by atoms with E-state index in [1.807, 2.05) is 50.2 Å². The maximum absolute atomic E-state index is 12.7. The third kappa shape index (κ3) is 6.77. The number of carbonyl (C=O) groups is 1. The first-order valence-corrected chi connectivity index (χ1v) is 11.2. The third-order valence-electron chi connectivity index (χ3n) is 4.69. The number of rotatable bonds is 10. The van der Waals surface area contributed by atoms with Gasteiger partial charge in [0, 0.05) is 17.3 Å². The van der Waals surface area contributed by atoms with Gasteiger partial charge in [-0.2, -0.15) is 5.26 Å². The molecule has 0 aliphatic heterocycles. The van der Waals surface area contributed by atoms with Gasteiger partial charge in [0.1, 0.15) is 35.5 Å². The molecule has 0 bridgehead atoms. The van der Waals surface area contributed by atoms with E-state index in [1.54, 1.807) is 36.4 Å². The molecule has 0 radical (unpaired) electrons. The summed E-state index contributed by atoms with van der Waals surface area (Å²) in [6, 6.07) is 22.0. The molecule has 3 rings (SSSR count). The number of nitrogens with zero attached hydrogens (tertiary/aromatic N) is 1. The van der Waals surface area contributed by atoms with Crippen molar-refractivity contribution in [2.45, 2.75) is 20.5 Å². The molecule has 1 N–H and O–H groups in total. The number of carbonyl (C=O) groups excluding carboxylic acids is 1. The highest BCUT2D eigenvalue weighted by molar-refractivity contribution is 6.32. The number of anilines is 1. The van der Waals surface area contributed by atoms with Crippen molar-refractivity contribution < 1.29 is 19.0 Å². The Hall–Kier alpha value is -3.95. The van der Waals surface area contributed by atoms with Crippen molar-refractivity contribution >= 4 is 29.3 Å². The van der Waals surface area contributed by atoms with E-state index in [2.05, 4.69) is 5.32 Å². The van der Waals surface area contributed by atoms with Gasteiger partial charge in [-0.15, -0.1) is 0 Å². The summed E-state index contributed by atoms with van der Waals surface area (Å²) in [6.45, 7) is 4.99. The van der Waals surface area contributed by atoms with Crippen LogP contribution in [0.5, 0.6) is 17.2 Å². The van der Waals surface area contributed by atoms with E-state index in [-0.39, 0.29) is 5.57 Å². The molecule has 0 aromatic heterocycles. The molecule has 0 fully saturated rings. The Morgan fingerprint density at radius 3 is 2.29 bits per heavy atom. The van der Waals surface area contributed by atoms with Gasteiger partial charge in [0.15, 0.2) is 0 Å². The number of nitrogens with one attached hydrogen (secondary N) is 1. The zero-order valence-corrected chi connectivity index (χ0v) is 19.8. The Kier molecular flexibility index (Phi) is 8.96. The second-order valence-electron chi connectivity index (χ2n) is 7.11. The second kappa shape index (κ2) is 12.3. The summed E-state index contributed by atoms with van der Waals surface area (Å²) in [5.74, 6) is 1.06. The number of amides is 1. The monoisotopic (exact) mass is 476 g/mol. The van der Waals surface area contributed by atoms with Crippen molar-refractivity contribution in [3.63, 3.8) is 0 Å². The van der Waals surface area contributed by atoms with Crippen LogP contribution < -0.4 is 19.5 Å². The summed E-state index contributed by atoms with van der Waals surface area (Å²) in [4.78, 5) is 12.7. The molecule has 0 heterocycles. The molecule has 174 valence electrons. The van der Waals surface area contributed by atoms with Gasteiger partial charge >= 0.3 is 0 Å². The van der Waals surface area contributed by atoms with Crippen molar-refractivity contribution in [1.29, 1.82) is 5.26 Å². The smallest absolute Gasteiger partial charge is 0.266 e. The van der Waals surface area contributed by atoms with Gasteiger partial charge in [-0.3, -0.25) is 4.79 Å². The average molecular weight is 477 g/mol. The summed E-state index contributed by atoms with van der Waals surface area (Å²) in [5, 5.41) is 12.7. The molecule has 6 nitrogen and oxygen atoms in total. The highest BCUT2D eigenvalue weighted by atomic mass is 35.5. The van der Waals surface area contributed by atoms with Crippen molar-refractivity contribution in [1.82, 2.24) is 0 Å². The minimum Gasteiger partial charge on any atom is -0.493 e. The quantitative estimate of drug-likeness (QED) is 0.276. The SMILES string of the molecule is CCOc1cc(OCC)c(/C=C(\C#N)C(=O)Nc2ccc(OCc3ccccc3)cc2)cc1Cl. The van der Waals surface area contributed by atoms with Crippen LogP contribution in [0, 0.1) is 11.3 Å². The van der Waals surface area contributed by atoms with Crippen LogP contribution >= 0.6 is 11.6 Å². The third-order valence-corrected chi connectivity index (χ3v) is 4.98. The van der Waals surface area contributed by atoms with E-state index in [0.717, 1.165) is 5.56 Å². The minimum atomic E-state index is -0.548. The van der Waals surface area contributed by atoms with Crippen LogP contribution in [0.2, 0.25) is 5.02 Å². The summed E-state index contributed by atoms with van der Waals surface area (Å²) < 4.78 is 16.9. The molecular formula is C27H25ClN2O4. The summed E-state index contributed by atoms with van der Waals surface area (Å²) in [7, 11) is 0. The van der Waals surface area contributed by atoms with Crippen molar-refractivity contribution in [2.75, 3.05) is 18.5 Å². The summed E-state index contributed by atoms with van der Waals surface area (Å²) in [5.41, 5.74) is 2.01. The van der Waals surface area contributed by atoms with E-state index in [1.165, 1.54) is 6.08 Å². The fraction of sp³-hybridized carbons (Fsp3) is 0.185. The Bertz CT molecular complexity index is 1190. The lowest BCUT2D eigenvalue weighted by Crippen LogP contribution is -2.13. The fourth-order valence-electron chi connectivity index (χ4n) is 3.09. The Morgan fingerprint density at radius 1 is 0.971 bits per heavy atom. The molecule has 0 unspecified atom stereocenters. The summed E-state index contributed by atoms with van der Waals surface area (Å²) >= 11 is 6.29. The van der Waals surface area contributed by atoms with Gasteiger partial charge in [-0.25, -0.2) is 0 Å². The van der Waals surface area contributed by atoms with Crippen LogP contribution in [-0.2, 0) is 11.4 Å². The maximum atomic E-state index is 12.7. The highest BCUT2D eigenvalue weighted by Gasteiger charge is 2.14. The molecule has 1 amide bonds. The van der Waals surface area contributed by atoms with Gasteiger partial charge in [0.05, 0.1) is 18.2 Å². The van der Waals surface area contributed by atoms with Crippen molar-refractivity contribution in [3.8, 4) is 23.3 Å². The van der Waals surface area contributed by atoms with E-state index >= 15 is 0 Å².